The average Bonchev–Trinajstić information content (AvgIpc) is 3.15. The monoisotopic (exact) mass is 415 g/mol. The van der Waals surface area contributed by atoms with Crippen molar-refractivity contribution in [2.24, 2.45) is 0 Å². The topological polar surface area (TPSA) is 110 Å². The Bertz CT molecular complexity index is 957. The van der Waals surface area contributed by atoms with E-state index in [1.54, 1.807) is 11.0 Å². The van der Waals surface area contributed by atoms with E-state index < -0.39 is 14.8 Å². The SMILES string of the molecule is CCN(C(=O)CSc1nc2ccc([N+](=O)[O-])cc2s1)[C@@H]1CCS(=O)(=O)C1. The van der Waals surface area contributed by atoms with Crippen molar-refractivity contribution >= 4 is 54.7 Å². The largest absolute Gasteiger partial charge is 0.338 e. The van der Waals surface area contributed by atoms with Crippen molar-refractivity contribution in [3.05, 3.63) is 28.3 Å². The van der Waals surface area contributed by atoms with Crippen molar-refractivity contribution in [3.8, 4) is 0 Å². The molecule has 140 valence electrons. The summed E-state index contributed by atoms with van der Waals surface area (Å²) in [6.45, 7) is 2.30. The average molecular weight is 416 g/mol. The standard InChI is InChI=1S/C15H17N3O5S3/c1-2-17(11-5-6-26(22,23)9-11)14(19)8-24-15-16-12-4-3-10(18(20)21)7-13(12)25-15/h3-4,7,11H,2,5-6,8-9H2,1H3/t11-/m1/s1. The summed E-state index contributed by atoms with van der Waals surface area (Å²) in [7, 11) is -3.05. The van der Waals surface area contributed by atoms with Gasteiger partial charge in [0.15, 0.2) is 14.2 Å². The summed E-state index contributed by atoms with van der Waals surface area (Å²) in [6.07, 6.45) is 0.484. The predicted molar refractivity (Wildman–Crippen MR) is 101 cm³/mol. The van der Waals surface area contributed by atoms with E-state index >= 15 is 0 Å². The number of thiazole rings is 1. The van der Waals surface area contributed by atoms with Crippen LogP contribution in [0.15, 0.2) is 22.5 Å². The summed E-state index contributed by atoms with van der Waals surface area (Å²) in [6, 6.07) is 4.22. The number of nitrogens with zero attached hydrogens (tertiary/aromatic N) is 3. The lowest BCUT2D eigenvalue weighted by molar-refractivity contribution is -0.384. The van der Waals surface area contributed by atoms with Gasteiger partial charge in [0.05, 0.1) is 32.4 Å². The number of nitro benzene ring substituents is 1. The fraction of sp³-hybridized carbons (Fsp3) is 0.467. The maximum Gasteiger partial charge on any atom is 0.270 e. The summed E-state index contributed by atoms with van der Waals surface area (Å²) in [5.74, 6) is 0.199. The Kier molecular flexibility index (Phi) is 5.49. The number of benzene rings is 1. The zero-order chi connectivity index (χ0) is 18.9. The van der Waals surface area contributed by atoms with Crippen LogP contribution in [0.1, 0.15) is 13.3 Å². The minimum absolute atomic E-state index is 0.00776. The lowest BCUT2D eigenvalue weighted by atomic mass is 10.2. The van der Waals surface area contributed by atoms with E-state index in [1.807, 2.05) is 6.92 Å². The van der Waals surface area contributed by atoms with Crippen molar-refractivity contribution in [2.75, 3.05) is 23.8 Å². The second kappa shape index (κ2) is 7.49. The number of sulfone groups is 1. The summed E-state index contributed by atoms with van der Waals surface area (Å²) in [5.41, 5.74) is 0.665. The van der Waals surface area contributed by atoms with Crippen molar-refractivity contribution in [1.82, 2.24) is 9.88 Å². The normalized spacial score (nSPS) is 18.9. The first-order valence-electron chi connectivity index (χ1n) is 7.97. The lowest BCUT2D eigenvalue weighted by Crippen LogP contribution is -2.41. The van der Waals surface area contributed by atoms with E-state index in [2.05, 4.69) is 4.98 Å². The molecule has 11 heteroatoms. The molecular formula is C15H17N3O5S3. The smallest absolute Gasteiger partial charge is 0.270 e. The van der Waals surface area contributed by atoms with E-state index in [0.29, 0.717) is 27.5 Å². The molecule has 0 radical (unpaired) electrons. The number of rotatable bonds is 6. The van der Waals surface area contributed by atoms with Crippen LogP contribution in [0.5, 0.6) is 0 Å². The molecule has 1 aliphatic heterocycles. The van der Waals surface area contributed by atoms with Crippen LogP contribution in [0, 0.1) is 10.1 Å². The molecule has 1 amide bonds. The number of hydrogen-bond acceptors (Lipinski definition) is 8. The van der Waals surface area contributed by atoms with Gasteiger partial charge in [-0.3, -0.25) is 14.9 Å². The van der Waals surface area contributed by atoms with Crippen LogP contribution in [-0.2, 0) is 14.6 Å². The van der Waals surface area contributed by atoms with Gasteiger partial charge in [0.2, 0.25) is 5.91 Å². The first-order valence-corrected chi connectivity index (χ1v) is 11.6. The number of carbonyl (C=O) groups is 1. The highest BCUT2D eigenvalue weighted by Gasteiger charge is 2.33. The predicted octanol–water partition coefficient (Wildman–Crippen LogP) is 2.33. The number of aromatic nitrogens is 1. The van der Waals surface area contributed by atoms with Gasteiger partial charge in [0, 0.05) is 24.7 Å². The van der Waals surface area contributed by atoms with Gasteiger partial charge in [0.1, 0.15) is 0 Å². The number of non-ortho nitro benzene ring substituents is 1. The molecule has 1 aliphatic rings. The Hall–Kier alpha value is -1.72. The molecule has 1 fully saturated rings. The van der Waals surface area contributed by atoms with Gasteiger partial charge < -0.3 is 4.90 Å². The Balaban J connectivity index is 1.66. The highest BCUT2D eigenvalue weighted by atomic mass is 32.2. The van der Waals surface area contributed by atoms with Crippen molar-refractivity contribution in [1.29, 1.82) is 0 Å². The number of hydrogen-bond donors (Lipinski definition) is 0. The number of nitro groups is 1. The van der Waals surface area contributed by atoms with Gasteiger partial charge in [-0.1, -0.05) is 11.8 Å². The second-order valence-corrected chi connectivity index (χ2v) is 10.4. The number of amides is 1. The molecule has 1 aromatic heterocycles. The maximum atomic E-state index is 12.5. The molecule has 26 heavy (non-hydrogen) atoms. The van der Waals surface area contributed by atoms with Crippen molar-refractivity contribution in [2.45, 2.75) is 23.7 Å². The minimum atomic E-state index is -3.05. The third-order valence-electron chi connectivity index (χ3n) is 4.19. The summed E-state index contributed by atoms with van der Waals surface area (Å²) >= 11 is 2.57. The first-order chi connectivity index (χ1) is 12.3. The zero-order valence-electron chi connectivity index (χ0n) is 14.0. The molecule has 0 N–H and O–H groups in total. The molecule has 0 bridgehead atoms. The quantitative estimate of drug-likeness (QED) is 0.404. The number of thioether (sulfide) groups is 1. The van der Waals surface area contributed by atoms with Crippen LogP contribution in [-0.4, -0.2) is 59.0 Å². The third-order valence-corrected chi connectivity index (χ3v) is 8.09. The second-order valence-electron chi connectivity index (χ2n) is 5.91. The van der Waals surface area contributed by atoms with E-state index in [1.165, 1.54) is 35.2 Å². The van der Waals surface area contributed by atoms with E-state index in [9.17, 15) is 23.3 Å². The molecule has 2 aromatic rings. The molecule has 1 atom stereocenters. The molecule has 0 aliphatic carbocycles. The number of fused-ring (bicyclic) bond motifs is 1. The van der Waals surface area contributed by atoms with E-state index in [-0.39, 0.29) is 34.9 Å². The van der Waals surface area contributed by atoms with Gasteiger partial charge in [-0.15, -0.1) is 11.3 Å². The Morgan fingerprint density at radius 1 is 1.50 bits per heavy atom. The number of carbonyl (C=O) groups excluding carboxylic acids is 1. The Morgan fingerprint density at radius 3 is 2.88 bits per heavy atom. The van der Waals surface area contributed by atoms with Crippen LogP contribution < -0.4 is 0 Å². The minimum Gasteiger partial charge on any atom is -0.338 e. The molecule has 0 spiro atoms. The molecule has 0 saturated carbocycles. The fourth-order valence-corrected chi connectivity index (χ4v) is 6.65. The molecule has 2 heterocycles. The molecule has 3 rings (SSSR count). The van der Waals surface area contributed by atoms with E-state index in [4.69, 9.17) is 0 Å². The first kappa shape index (κ1) is 19.1. The molecule has 0 unspecified atom stereocenters. The van der Waals surface area contributed by atoms with Crippen LogP contribution in [0.25, 0.3) is 10.2 Å². The van der Waals surface area contributed by atoms with Crippen LogP contribution in [0.4, 0.5) is 5.69 Å². The third kappa shape index (κ3) is 4.15. The van der Waals surface area contributed by atoms with Gasteiger partial charge in [0.25, 0.3) is 5.69 Å². The van der Waals surface area contributed by atoms with Gasteiger partial charge in [-0.2, -0.15) is 0 Å². The molecule has 8 nitrogen and oxygen atoms in total. The summed E-state index contributed by atoms with van der Waals surface area (Å²) < 4.78 is 24.6. The Morgan fingerprint density at radius 2 is 2.27 bits per heavy atom. The summed E-state index contributed by atoms with van der Waals surface area (Å²) in [5, 5.41) is 10.8. The van der Waals surface area contributed by atoms with Crippen molar-refractivity contribution in [3.63, 3.8) is 0 Å². The van der Waals surface area contributed by atoms with Crippen LogP contribution >= 0.6 is 23.1 Å². The zero-order valence-corrected chi connectivity index (χ0v) is 16.4. The lowest BCUT2D eigenvalue weighted by Gasteiger charge is -2.26. The van der Waals surface area contributed by atoms with Gasteiger partial charge >= 0.3 is 0 Å². The molecule has 1 saturated heterocycles. The highest BCUT2D eigenvalue weighted by Crippen LogP contribution is 2.32. The maximum absolute atomic E-state index is 12.5. The van der Waals surface area contributed by atoms with Crippen molar-refractivity contribution < 1.29 is 18.1 Å². The van der Waals surface area contributed by atoms with Gasteiger partial charge in [-0.25, -0.2) is 13.4 Å². The highest BCUT2D eigenvalue weighted by molar-refractivity contribution is 8.01. The fourth-order valence-electron chi connectivity index (χ4n) is 2.93. The van der Waals surface area contributed by atoms with Gasteiger partial charge in [-0.05, 0) is 19.4 Å². The molecule has 1 aromatic carbocycles. The van der Waals surface area contributed by atoms with E-state index in [0.717, 1.165) is 0 Å². The van der Waals surface area contributed by atoms with Crippen LogP contribution in [0.2, 0.25) is 0 Å². The Labute approximate surface area is 158 Å². The van der Waals surface area contributed by atoms with Crippen LogP contribution in [0.3, 0.4) is 0 Å². The summed E-state index contributed by atoms with van der Waals surface area (Å²) in [4.78, 5) is 28.9. The molecular weight excluding hydrogens is 398 g/mol.